The summed E-state index contributed by atoms with van der Waals surface area (Å²) in [4.78, 5) is 15.5. The minimum atomic E-state index is -0.328. The summed E-state index contributed by atoms with van der Waals surface area (Å²) in [5.74, 6) is 0.461. The zero-order valence-corrected chi connectivity index (χ0v) is 18.6. The molecule has 0 saturated carbocycles. The fourth-order valence-electron chi connectivity index (χ4n) is 2.89. The predicted molar refractivity (Wildman–Crippen MR) is 117 cm³/mol. The molecule has 0 aromatic heterocycles. The molecule has 1 aliphatic rings. The van der Waals surface area contributed by atoms with Gasteiger partial charge >= 0.3 is 0 Å². The number of halogens is 2. The molecular weight excluding hydrogens is 459 g/mol. The van der Waals surface area contributed by atoms with Crippen LogP contribution in [0.1, 0.15) is 18.1 Å². The second-order valence-corrected chi connectivity index (χ2v) is 7.60. The number of amides is 1. The molecule has 1 fully saturated rings. The fourth-order valence-corrected chi connectivity index (χ4v) is 3.64. The molecule has 1 heterocycles. The van der Waals surface area contributed by atoms with Crippen molar-refractivity contribution in [1.29, 1.82) is 0 Å². The standard InChI is InChI=1S/C21H20BrFN2O3S/c1-4-27-18-11-13(10-17-20(26)25(3)21(29)24(17)2)9-15(22)19(18)28-12-14-7-5-6-8-16(14)23/h5-11H,4,12H2,1-3H3/b17-10-. The maximum atomic E-state index is 13.9. The normalized spacial score (nSPS) is 15.4. The Labute approximate surface area is 182 Å². The highest BCUT2D eigenvalue weighted by atomic mass is 79.9. The predicted octanol–water partition coefficient (Wildman–Crippen LogP) is 4.60. The van der Waals surface area contributed by atoms with Gasteiger partial charge in [-0.15, -0.1) is 0 Å². The lowest BCUT2D eigenvalue weighted by Crippen LogP contribution is -2.26. The molecule has 8 heteroatoms. The Morgan fingerprint density at radius 2 is 1.90 bits per heavy atom. The van der Waals surface area contributed by atoms with Crippen molar-refractivity contribution in [2.45, 2.75) is 13.5 Å². The second kappa shape index (κ2) is 8.92. The van der Waals surface area contributed by atoms with Gasteiger partial charge in [0.2, 0.25) is 0 Å². The molecule has 0 spiro atoms. The molecule has 2 aromatic rings. The molecule has 0 N–H and O–H groups in total. The first kappa shape index (κ1) is 21.3. The number of ether oxygens (including phenoxy) is 2. The molecule has 152 valence electrons. The van der Waals surface area contributed by atoms with Crippen LogP contribution < -0.4 is 9.47 Å². The van der Waals surface area contributed by atoms with Gasteiger partial charge in [-0.2, -0.15) is 0 Å². The molecule has 1 saturated heterocycles. The highest BCUT2D eigenvalue weighted by molar-refractivity contribution is 9.10. The zero-order chi connectivity index (χ0) is 21.1. The van der Waals surface area contributed by atoms with Gasteiger partial charge in [0.15, 0.2) is 16.6 Å². The number of rotatable bonds is 6. The van der Waals surface area contributed by atoms with Crippen molar-refractivity contribution in [3.05, 3.63) is 63.5 Å². The molecule has 5 nitrogen and oxygen atoms in total. The average molecular weight is 479 g/mol. The van der Waals surface area contributed by atoms with Crippen molar-refractivity contribution >= 4 is 45.2 Å². The molecule has 1 amide bonds. The van der Waals surface area contributed by atoms with E-state index in [2.05, 4.69) is 15.9 Å². The van der Waals surface area contributed by atoms with E-state index in [1.165, 1.54) is 11.0 Å². The van der Waals surface area contributed by atoms with E-state index in [9.17, 15) is 9.18 Å². The van der Waals surface area contributed by atoms with E-state index in [1.54, 1.807) is 49.3 Å². The van der Waals surface area contributed by atoms with Crippen LogP contribution in [0.5, 0.6) is 11.5 Å². The first-order valence-corrected chi connectivity index (χ1v) is 10.1. The third-order valence-corrected chi connectivity index (χ3v) is 5.56. The lowest BCUT2D eigenvalue weighted by atomic mass is 10.1. The van der Waals surface area contributed by atoms with Gasteiger partial charge in [0, 0.05) is 19.7 Å². The summed E-state index contributed by atoms with van der Waals surface area (Å²) < 4.78 is 26.1. The van der Waals surface area contributed by atoms with E-state index in [1.807, 2.05) is 13.0 Å². The van der Waals surface area contributed by atoms with Gasteiger partial charge in [-0.05, 0) is 64.9 Å². The molecule has 0 bridgehead atoms. The highest BCUT2D eigenvalue weighted by Crippen LogP contribution is 2.38. The number of carbonyl (C=O) groups excluding carboxylic acids is 1. The third-order valence-electron chi connectivity index (χ3n) is 4.42. The van der Waals surface area contributed by atoms with Crippen molar-refractivity contribution in [2.24, 2.45) is 0 Å². The summed E-state index contributed by atoms with van der Waals surface area (Å²) in [5, 5.41) is 0.440. The Balaban J connectivity index is 1.92. The van der Waals surface area contributed by atoms with Gasteiger partial charge in [-0.1, -0.05) is 18.2 Å². The van der Waals surface area contributed by atoms with Crippen LogP contribution in [0.2, 0.25) is 0 Å². The van der Waals surface area contributed by atoms with Crippen molar-refractivity contribution < 1.29 is 18.7 Å². The number of nitrogens with zero attached hydrogens (tertiary/aromatic N) is 2. The van der Waals surface area contributed by atoms with Gasteiger partial charge in [0.25, 0.3) is 5.91 Å². The first-order chi connectivity index (χ1) is 13.8. The quantitative estimate of drug-likeness (QED) is 0.448. The van der Waals surface area contributed by atoms with Gasteiger partial charge in [-0.3, -0.25) is 9.69 Å². The van der Waals surface area contributed by atoms with Crippen LogP contribution in [0.25, 0.3) is 6.08 Å². The molecule has 3 rings (SSSR count). The Kier molecular flexibility index (Phi) is 6.54. The lowest BCUT2D eigenvalue weighted by molar-refractivity contribution is -0.121. The van der Waals surface area contributed by atoms with Crippen molar-refractivity contribution in [3.63, 3.8) is 0 Å². The number of likely N-dealkylation sites (N-methyl/N-ethyl adjacent to an activating group) is 2. The van der Waals surface area contributed by atoms with Crippen LogP contribution in [0.15, 0.2) is 46.6 Å². The zero-order valence-electron chi connectivity index (χ0n) is 16.2. The van der Waals surface area contributed by atoms with Gasteiger partial charge < -0.3 is 14.4 Å². The average Bonchev–Trinajstić information content (AvgIpc) is 2.87. The maximum Gasteiger partial charge on any atom is 0.276 e. The maximum absolute atomic E-state index is 13.9. The van der Waals surface area contributed by atoms with Crippen LogP contribution >= 0.6 is 28.1 Å². The molecular formula is C21H20BrFN2O3S. The number of thiocarbonyl (C=S) groups is 1. The number of hydrogen-bond acceptors (Lipinski definition) is 4. The Morgan fingerprint density at radius 1 is 1.17 bits per heavy atom. The number of hydrogen-bond donors (Lipinski definition) is 0. The summed E-state index contributed by atoms with van der Waals surface area (Å²) in [6, 6.07) is 10.0. The monoisotopic (exact) mass is 478 g/mol. The second-order valence-electron chi connectivity index (χ2n) is 6.38. The van der Waals surface area contributed by atoms with Gasteiger partial charge in [-0.25, -0.2) is 4.39 Å². The number of carbonyl (C=O) groups is 1. The smallest absolute Gasteiger partial charge is 0.276 e. The molecule has 2 aromatic carbocycles. The Morgan fingerprint density at radius 3 is 2.52 bits per heavy atom. The van der Waals surface area contributed by atoms with E-state index >= 15 is 0 Å². The Bertz CT molecular complexity index is 996. The summed E-state index contributed by atoms with van der Waals surface area (Å²) in [6.45, 7) is 2.35. The summed E-state index contributed by atoms with van der Waals surface area (Å²) >= 11 is 8.75. The molecule has 29 heavy (non-hydrogen) atoms. The van der Waals surface area contributed by atoms with E-state index in [0.29, 0.717) is 39.0 Å². The van der Waals surface area contributed by atoms with Crippen LogP contribution in [0.4, 0.5) is 4.39 Å². The summed E-state index contributed by atoms with van der Waals surface area (Å²) in [6.07, 6.45) is 1.74. The van der Waals surface area contributed by atoms with Gasteiger partial charge in [0.05, 0.1) is 11.1 Å². The Hall–Kier alpha value is -2.45. The molecule has 0 atom stereocenters. The summed E-state index contributed by atoms with van der Waals surface area (Å²) in [5.41, 5.74) is 1.65. The van der Waals surface area contributed by atoms with Crippen LogP contribution in [0.3, 0.4) is 0 Å². The van der Waals surface area contributed by atoms with E-state index in [0.717, 1.165) is 5.56 Å². The van der Waals surface area contributed by atoms with Crippen molar-refractivity contribution in [1.82, 2.24) is 9.80 Å². The van der Waals surface area contributed by atoms with Crippen LogP contribution in [-0.2, 0) is 11.4 Å². The minimum absolute atomic E-state index is 0.0616. The van der Waals surface area contributed by atoms with Crippen LogP contribution in [-0.4, -0.2) is 41.5 Å². The molecule has 0 aliphatic carbocycles. The van der Waals surface area contributed by atoms with E-state index in [4.69, 9.17) is 21.7 Å². The SMILES string of the molecule is CCOc1cc(/C=C2/C(=O)N(C)C(=S)N2C)cc(Br)c1OCc1ccccc1F. The van der Waals surface area contributed by atoms with Gasteiger partial charge in [0.1, 0.15) is 18.1 Å². The lowest BCUT2D eigenvalue weighted by Gasteiger charge is -2.16. The molecule has 1 aliphatic heterocycles. The third kappa shape index (κ3) is 4.43. The van der Waals surface area contributed by atoms with Crippen LogP contribution in [0, 0.1) is 5.82 Å². The fraction of sp³-hybridized carbons (Fsp3) is 0.238. The summed E-state index contributed by atoms with van der Waals surface area (Å²) in [7, 11) is 3.39. The minimum Gasteiger partial charge on any atom is -0.490 e. The van der Waals surface area contributed by atoms with E-state index < -0.39 is 0 Å². The molecule has 0 radical (unpaired) electrons. The highest BCUT2D eigenvalue weighted by Gasteiger charge is 2.32. The first-order valence-electron chi connectivity index (χ1n) is 8.93. The molecule has 0 unspecified atom stereocenters. The largest absolute Gasteiger partial charge is 0.490 e. The van der Waals surface area contributed by atoms with Crippen molar-refractivity contribution in [3.8, 4) is 11.5 Å². The van der Waals surface area contributed by atoms with Crippen molar-refractivity contribution in [2.75, 3.05) is 20.7 Å². The van der Waals surface area contributed by atoms with E-state index in [-0.39, 0.29) is 18.3 Å². The topological polar surface area (TPSA) is 42.0 Å². The number of benzene rings is 2.